The van der Waals surface area contributed by atoms with Gasteiger partial charge in [0.25, 0.3) is 5.91 Å². The number of hydrogen-bond donors (Lipinski definition) is 2. The van der Waals surface area contributed by atoms with Crippen molar-refractivity contribution in [3.05, 3.63) is 51.2 Å². The lowest BCUT2D eigenvalue weighted by molar-refractivity contribution is 0.103. The van der Waals surface area contributed by atoms with Crippen molar-refractivity contribution in [3.63, 3.8) is 0 Å². The van der Waals surface area contributed by atoms with Crippen molar-refractivity contribution in [2.75, 3.05) is 11.9 Å². The fraction of sp³-hybridized carbons (Fsp3) is 0.188. The average Bonchev–Trinajstić information content (AvgIpc) is 2.86. The summed E-state index contributed by atoms with van der Waals surface area (Å²) in [6.07, 6.45) is 0. The zero-order chi connectivity index (χ0) is 14.5. The Balaban J connectivity index is 2.22. The molecule has 1 amide bonds. The molecular formula is C16H16N2OS. The Bertz CT molecular complexity index is 692. The second-order valence-electron chi connectivity index (χ2n) is 4.40. The highest BCUT2D eigenvalue weighted by Crippen LogP contribution is 2.20. The predicted molar refractivity (Wildman–Crippen MR) is 84.1 cm³/mol. The van der Waals surface area contributed by atoms with E-state index in [4.69, 9.17) is 5.73 Å². The normalized spacial score (nSPS) is 9.75. The molecule has 0 aliphatic rings. The summed E-state index contributed by atoms with van der Waals surface area (Å²) in [5.74, 6) is 5.68. The van der Waals surface area contributed by atoms with Crippen LogP contribution in [-0.4, -0.2) is 12.5 Å². The Labute approximate surface area is 122 Å². The van der Waals surface area contributed by atoms with Crippen molar-refractivity contribution in [2.45, 2.75) is 13.8 Å². The number of rotatable bonds is 2. The van der Waals surface area contributed by atoms with Crippen molar-refractivity contribution < 1.29 is 4.79 Å². The van der Waals surface area contributed by atoms with Crippen molar-refractivity contribution >= 4 is 22.9 Å². The number of nitrogens with two attached hydrogens (primary N) is 1. The van der Waals surface area contributed by atoms with Crippen LogP contribution in [0.4, 0.5) is 5.69 Å². The van der Waals surface area contributed by atoms with Crippen LogP contribution in [0.25, 0.3) is 0 Å². The summed E-state index contributed by atoms with van der Waals surface area (Å²) in [6.45, 7) is 4.26. The molecule has 3 nitrogen and oxygen atoms in total. The predicted octanol–water partition coefficient (Wildman–Crippen LogP) is 2.93. The zero-order valence-corrected chi connectivity index (χ0v) is 12.3. The van der Waals surface area contributed by atoms with E-state index in [-0.39, 0.29) is 5.91 Å². The van der Waals surface area contributed by atoms with E-state index >= 15 is 0 Å². The summed E-state index contributed by atoms with van der Waals surface area (Å²) in [5, 5.41) is 2.93. The first-order valence-electron chi connectivity index (χ1n) is 6.27. The summed E-state index contributed by atoms with van der Waals surface area (Å²) in [6, 6.07) is 9.51. The average molecular weight is 284 g/mol. The molecule has 2 rings (SSSR count). The number of anilines is 1. The third kappa shape index (κ3) is 3.47. The van der Waals surface area contributed by atoms with Gasteiger partial charge in [0.15, 0.2) is 0 Å². The third-order valence-corrected chi connectivity index (χ3v) is 3.78. The first kappa shape index (κ1) is 14.3. The number of thiophene rings is 1. The van der Waals surface area contributed by atoms with Crippen LogP contribution >= 0.6 is 11.3 Å². The molecule has 0 radical (unpaired) electrons. The van der Waals surface area contributed by atoms with Gasteiger partial charge < -0.3 is 11.1 Å². The number of amides is 1. The van der Waals surface area contributed by atoms with Gasteiger partial charge in [0.05, 0.1) is 11.4 Å². The summed E-state index contributed by atoms with van der Waals surface area (Å²) in [5.41, 5.74) is 7.99. The molecule has 1 heterocycles. The molecule has 0 unspecified atom stereocenters. The van der Waals surface area contributed by atoms with Crippen LogP contribution in [0.3, 0.4) is 0 Å². The first-order chi connectivity index (χ1) is 9.60. The van der Waals surface area contributed by atoms with E-state index < -0.39 is 0 Å². The lowest BCUT2D eigenvalue weighted by Gasteiger charge is -2.08. The molecule has 1 aromatic carbocycles. The van der Waals surface area contributed by atoms with Crippen LogP contribution in [0.2, 0.25) is 0 Å². The topological polar surface area (TPSA) is 55.1 Å². The molecule has 20 heavy (non-hydrogen) atoms. The number of carbonyl (C=O) groups excluding carboxylic acids is 1. The lowest BCUT2D eigenvalue weighted by Crippen LogP contribution is -2.11. The summed E-state index contributed by atoms with van der Waals surface area (Å²) < 4.78 is 0. The molecule has 3 N–H and O–H groups in total. The molecule has 2 aromatic rings. The number of hydrogen-bond acceptors (Lipinski definition) is 3. The molecule has 0 fully saturated rings. The number of benzene rings is 1. The van der Waals surface area contributed by atoms with Gasteiger partial charge in [-0.25, -0.2) is 0 Å². The fourth-order valence-electron chi connectivity index (χ4n) is 1.73. The van der Waals surface area contributed by atoms with Gasteiger partial charge >= 0.3 is 0 Å². The van der Waals surface area contributed by atoms with Gasteiger partial charge in [0, 0.05) is 16.1 Å². The van der Waals surface area contributed by atoms with E-state index in [1.54, 1.807) is 0 Å². The smallest absolute Gasteiger partial charge is 0.265 e. The standard InChI is InChI=1S/C16H16N2OS/c1-11-5-7-13(4-3-9-17)10-14(11)18-16(19)15-8-6-12(2)20-15/h5-8,10H,9,17H2,1-2H3,(H,18,19). The van der Waals surface area contributed by atoms with Crippen LogP contribution in [0.15, 0.2) is 30.3 Å². The molecule has 0 bridgehead atoms. The maximum Gasteiger partial charge on any atom is 0.265 e. The van der Waals surface area contributed by atoms with Gasteiger partial charge in [0.1, 0.15) is 0 Å². The Hall–Kier alpha value is -2.09. The fourth-order valence-corrected chi connectivity index (χ4v) is 2.49. The molecule has 1 aromatic heterocycles. The molecular weight excluding hydrogens is 268 g/mol. The Morgan fingerprint density at radius 1 is 1.30 bits per heavy atom. The van der Waals surface area contributed by atoms with Crippen molar-refractivity contribution in [1.29, 1.82) is 0 Å². The largest absolute Gasteiger partial charge is 0.321 e. The van der Waals surface area contributed by atoms with Crippen LogP contribution < -0.4 is 11.1 Å². The minimum atomic E-state index is -0.0878. The van der Waals surface area contributed by atoms with Crippen LogP contribution in [0, 0.1) is 25.7 Å². The van der Waals surface area contributed by atoms with Gasteiger partial charge in [-0.1, -0.05) is 17.9 Å². The highest BCUT2D eigenvalue weighted by atomic mass is 32.1. The van der Waals surface area contributed by atoms with Gasteiger partial charge in [-0.15, -0.1) is 11.3 Å². The molecule has 0 aliphatic carbocycles. The maximum absolute atomic E-state index is 12.1. The Morgan fingerprint density at radius 3 is 2.75 bits per heavy atom. The summed E-state index contributed by atoms with van der Waals surface area (Å²) >= 11 is 1.48. The first-order valence-corrected chi connectivity index (χ1v) is 7.09. The molecule has 0 spiro atoms. The van der Waals surface area contributed by atoms with Crippen LogP contribution in [0.5, 0.6) is 0 Å². The second-order valence-corrected chi connectivity index (χ2v) is 5.69. The molecule has 4 heteroatoms. The van der Waals surface area contributed by atoms with E-state index in [1.165, 1.54) is 11.3 Å². The van der Waals surface area contributed by atoms with Gasteiger partial charge in [-0.05, 0) is 43.7 Å². The number of aryl methyl sites for hydroxylation is 2. The minimum absolute atomic E-state index is 0.0878. The van der Waals surface area contributed by atoms with Gasteiger partial charge in [0.2, 0.25) is 0 Å². The summed E-state index contributed by atoms with van der Waals surface area (Å²) in [4.78, 5) is 14.0. The SMILES string of the molecule is Cc1ccc(C(=O)Nc2cc(C#CCN)ccc2C)s1. The Morgan fingerprint density at radius 2 is 2.10 bits per heavy atom. The van der Waals surface area contributed by atoms with Gasteiger partial charge in [-0.2, -0.15) is 0 Å². The Kier molecular flexibility index (Phi) is 4.57. The van der Waals surface area contributed by atoms with Crippen molar-refractivity contribution in [1.82, 2.24) is 0 Å². The molecule has 0 atom stereocenters. The third-order valence-electron chi connectivity index (χ3n) is 2.78. The van der Waals surface area contributed by atoms with Crippen molar-refractivity contribution in [2.24, 2.45) is 5.73 Å². The quantitative estimate of drug-likeness (QED) is 0.833. The molecule has 0 saturated heterocycles. The van der Waals surface area contributed by atoms with Gasteiger partial charge in [-0.3, -0.25) is 4.79 Å². The molecule has 0 aliphatic heterocycles. The van der Waals surface area contributed by atoms with E-state index in [1.807, 2.05) is 44.2 Å². The van der Waals surface area contributed by atoms with Crippen LogP contribution in [0.1, 0.15) is 25.7 Å². The zero-order valence-electron chi connectivity index (χ0n) is 11.5. The van der Waals surface area contributed by atoms with E-state index in [0.717, 1.165) is 21.7 Å². The summed E-state index contributed by atoms with van der Waals surface area (Å²) in [7, 11) is 0. The monoisotopic (exact) mass is 284 g/mol. The number of carbonyl (C=O) groups is 1. The van der Waals surface area contributed by atoms with E-state index in [2.05, 4.69) is 17.2 Å². The maximum atomic E-state index is 12.1. The molecule has 0 saturated carbocycles. The van der Waals surface area contributed by atoms with Crippen molar-refractivity contribution in [3.8, 4) is 11.8 Å². The number of nitrogens with one attached hydrogen (secondary N) is 1. The van der Waals surface area contributed by atoms with Crippen LogP contribution in [-0.2, 0) is 0 Å². The van der Waals surface area contributed by atoms with E-state index in [0.29, 0.717) is 11.4 Å². The highest BCUT2D eigenvalue weighted by Gasteiger charge is 2.09. The second kappa shape index (κ2) is 6.38. The lowest BCUT2D eigenvalue weighted by atomic mass is 10.1. The van der Waals surface area contributed by atoms with E-state index in [9.17, 15) is 4.79 Å². The minimum Gasteiger partial charge on any atom is -0.321 e. The molecule has 102 valence electrons. The highest BCUT2D eigenvalue weighted by molar-refractivity contribution is 7.14.